The summed E-state index contributed by atoms with van der Waals surface area (Å²) in [4.78, 5) is 15.3. The molecule has 3 rings (SSSR count). The van der Waals surface area contributed by atoms with Crippen LogP contribution in [0.3, 0.4) is 0 Å². The molecule has 2 aliphatic rings. The molecule has 0 saturated carbocycles. The van der Waals surface area contributed by atoms with Crippen LogP contribution in [-0.2, 0) is 10.0 Å². The van der Waals surface area contributed by atoms with Crippen LogP contribution in [0.25, 0.3) is 0 Å². The summed E-state index contributed by atoms with van der Waals surface area (Å²) in [6, 6.07) is 4.67. The third kappa shape index (κ3) is 6.93. The van der Waals surface area contributed by atoms with Gasteiger partial charge in [-0.05, 0) is 87.7 Å². The average molecular weight is 480 g/mol. The first-order chi connectivity index (χ1) is 15.7. The van der Waals surface area contributed by atoms with E-state index in [1.54, 1.807) is 12.1 Å². The Morgan fingerprint density at radius 2 is 1.73 bits per heavy atom. The SMILES string of the molecule is COc1ccc(C(=O)NCCCCN2CCC(C)CC2)cc1S(=O)(=O)N1CC(C)CC(C)C1. The summed E-state index contributed by atoms with van der Waals surface area (Å²) in [5.41, 5.74) is 0.345. The zero-order chi connectivity index (χ0) is 24.0. The predicted octanol–water partition coefficient (Wildman–Crippen LogP) is 3.60. The van der Waals surface area contributed by atoms with Crippen LogP contribution >= 0.6 is 0 Å². The minimum absolute atomic E-state index is 0.0678. The second-order valence-electron chi connectivity index (χ2n) is 10.1. The fourth-order valence-electron chi connectivity index (χ4n) is 5.01. The normalized spacial score (nSPS) is 23.4. The van der Waals surface area contributed by atoms with Gasteiger partial charge in [-0.15, -0.1) is 0 Å². The van der Waals surface area contributed by atoms with Gasteiger partial charge in [-0.3, -0.25) is 4.79 Å². The summed E-state index contributed by atoms with van der Waals surface area (Å²) in [6.45, 7) is 11.4. The Labute approximate surface area is 199 Å². The van der Waals surface area contributed by atoms with Crippen LogP contribution in [-0.4, -0.2) is 69.9 Å². The van der Waals surface area contributed by atoms with Gasteiger partial charge < -0.3 is 15.0 Å². The summed E-state index contributed by atoms with van der Waals surface area (Å²) < 4.78 is 33.7. The van der Waals surface area contributed by atoms with Crippen molar-refractivity contribution in [2.45, 2.75) is 57.8 Å². The van der Waals surface area contributed by atoms with Crippen molar-refractivity contribution in [2.75, 3.05) is 46.4 Å². The predicted molar refractivity (Wildman–Crippen MR) is 131 cm³/mol. The summed E-state index contributed by atoms with van der Waals surface area (Å²) in [5.74, 6) is 1.46. The van der Waals surface area contributed by atoms with Crippen LogP contribution in [0.15, 0.2) is 23.1 Å². The second kappa shape index (κ2) is 11.7. The monoisotopic (exact) mass is 479 g/mol. The fraction of sp³-hybridized carbons (Fsp3) is 0.720. The van der Waals surface area contributed by atoms with Crippen molar-refractivity contribution in [3.05, 3.63) is 23.8 Å². The molecule has 1 aromatic carbocycles. The number of nitrogens with zero attached hydrogens (tertiary/aromatic N) is 2. The largest absolute Gasteiger partial charge is 0.495 e. The van der Waals surface area contributed by atoms with Gasteiger partial charge in [0.25, 0.3) is 5.91 Å². The lowest BCUT2D eigenvalue weighted by atomic mass is 9.94. The molecule has 0 spiro atoms. The number of amides is 1. The maximum Gasteiger partial charge on any atom is 0.251 e. The molecule has 2 fully saturated rings. The molecule has 7 nitrogen and oxygen atoms in total. The van der Waals surface area contributed by atoms with E-state index in [2.05, 4.69) is 31.0 Å². The van der Waals surface area contributed by atoms with Crippen molar-refractivity contribution in [2.24, 2.45) is 17.8 Å². The number of carbonyl (C=O) groups is 1. The highest BCUT2D eigenvalue weighted by Crippen LogP contribution is 2.32. The van der Waals surface area contributed by atoms with E-state index in [1.807, 2.05) is 0 Å². The third-order valence-electron chi connectivity index (χ3n) is 6.94. The maximum atomic E-state index is 13.4. The van der Waals surface area contributed by atoms with E-state index in [-0.39, 0.29) is 16.6 Å². The molecule has 8 heteroatoms. The Kier molecular flexibility index (Phi) is 9.18. The van der Waals surface area contributed by atoms with Crippen LogP contribution in [0.5, 0.6) is 5.75 Å². The number of rotatable bonds is 9. The van der Waals surface area contributed by atoms with E-state index >= 15 is 0 Å². The van der Waals surface area contributed by atoms with E-state index in [9.17, 15) is 13.2 Å². The van der Waals surface area contributed by atoms with Gasteiger partial charge in [-0.1, -0.05) is 20.8 Å². The number of unbranched alkanes of at least 4 members (excludes halogenated alkanes) is 1. The van der Waals surface area contributed by atoms with E-state index in [1.165, 1.54) is 43.4 Å². The van der Waals surface area contributed by atoms with Crippen molar-refractivity contribution in [3.8, 4) is 5.75 Å². The lowest BCUT2D eigenvalue weighted by Crippen LogP contribution is -2.42. The molecule has 186 valence electrons. The van der Waals surface area contributed by atoms with E-state index in [0.717, 1.165) is 31.7 Å². The number of likely N-dealkylation sites (tertiary alicyclic amines) is 1. The van der Waals surface area contributed by atoms with E-state index in [0.29, 0.717) is 37.0 Å². The molecule has 33 heavy (non-hydrogen) atoms. The van der Waals surface area contributed by atoms with E-state index < -0.39 is 10.0 Å². The topological polar surface area (TPSA) is 79.0 Å². The molecule has 2 aliphatic heterocycles. The van der Waals surface area contributed by atoms with Crippen LogP contribution in [0.4, 0.5) is 0 Å². The van der Waals surface area contributed by atoms with E-state index in [4.69, 9.17) is 4.74 Å². The summed E-state index contributed by atoms with van der Waals surface area (Å²) in [6.07, 6.45) is 5.51. The quantitative estimate of drug-likeness (QED) is 0.548. The molecule has 2 heterocycles. The number of nitrogens with one attached hydrogen (secondary N) is 1. The number of methoxy groups -OCH3 is 1. The zero-order valence-electron chi connectivity index (χ0n) is 20.7. The molecule has 0 bridgehead atoms. The third-order valence-corrected chi connectivity index (χ3v) is 8.79. The number of hydrogen-bond acceptors (Lipinski definition) is 5. The van der Waals surface area contributed by atoms with Gasteiger partial charge in [-0.25, -0.2) is 8.42 Å². The van der Waals surface area contributed by atoms with Gasteiger partial charge in [0.15, 0.2) is 0 Å². The Hall–Kier alpha value is -1.64. The molecular formula is C25H41N3O4S. The van der Waals surface area contributed by atoms with Crippen LogP contribution in [0.2, 0.25) is 0 Å². The summed E-state index contributed by atoms with van der Waals surface area (Å²) >= 11 is 0. The molecule has 0 aliphatic carbocycles. The van der Waals surface area contributed by atoms with Gasteiger partial charge >= 0.3 is 0 Å². The molecule has 1 amide bonds. The molecule has 2 saturated heterocycles. The molecule has 2 unspecified atom stereocenters. The number of hydrogen-bond donors (Lipinski definition) is 1. The van der Waals surface area contributed by atoms with Gasteiger partial charge in [0.2, 0.25) is 10.0 Å². The molecule has 0 aromatic heterocycles. The first-order valence-corrected chi connectivity index (χ1v) is 13.8. The molecule has 1 aromatic rings. The van der Waals surface area contributed by atoms with Crippen LogP contribution < -0.4 is 10.1 Å². The summed E-state index contributed by atoms with van der Waals surface area (Å²) in [7, 11) is -2.29. The Morgan fingerprint density at radius 1 is 1.06 bits per heavy atom. The number of ether oxygens (including phenoxy) is 1. The fourth-order valence-corrected chi connectivity index (χ4v) is 6.87. The Morgan fingerprint density at radius 3 is 2.36 bits per heavy atom. The van der Waals surface area contributed by atoms with Crippen LogP contribution in [0, 0.1) is 17.8 Å². The highest BCUT2D eigenvalue weighted by Gasteiger charge is 2.34. The lowest BCUT2D eigenvalue weighted by Gasteiger charge is -2.34. The van der Waals surface area contributed by atoms with Gasteiger partial charge in [0.1, 0.15) is 10.6 Å². The number of benzene rings is 1. The highest BCUT2D eigenvalue weighted by molar-refractivity contribution is 7.89. The number of sulfonamides is 1. The summed E-state index contributed by atoms with van der Waals surface area (Å²) in [5, 5.41) is 2.95. The van der Waals surface area contributed by atoms with Crippen molar-refractivity contribution in [3.63, 3.8) is 0 Å². The average Bonchev–Trinajstić information content (AvgIpc) is 2.78. The number of carbonyl (C=O) groups excluding carboxylic acids is 1. The first-order valence-electron chi connectivity index (χ1n) is 12.4. The maximum absolute atomic E-state index is 13.4. The van der Waals surface area contributed by atoms with Crippen molar-refractivity contribution in [1.82, 2.24) is 14.5 Å². The lowest BCUT2D eigenvalue weighted by molar-refractivity contribution is 0.0952. The Bertz CT molecular complexity index is 887. The van der Waals surface area contributed by atoms with Gasteiger partial charge in [0.05, 0.1) is 7.11 Å². The molecule has 0 radical (unpaired) electrons. The molecular weight excluding hydrogens is 438 g/mol. The molecule has 2 atom stereocenters. The minimum atomic E-state index is -3.75. The van der Waals surface area contributed by atoms with Crippen molar-refractivity contribution in [1.29, 1.82) is 0 Å². The van der Waals surface area contributed by atoms with Gasteiger partial charge in [0, 0.05) is 25.2 Å². The van der Waals surface area contributed by atoms with Crippen LogP contribution in [0.1, 0.15) is 63.2 Å². The van der Waals surface area contributed by atoms with Gasteiger partial charge in [-0.2, -0.15) is 4.31 Å². The number of piperidine rings is 2. The van der Waals surface area contributed by atoms with Crippen molar-refractivity contribution < 1.29 is 17.9 Å². The van der Waals surface area contributed by atoms with Crippen molar-refractivity contribution >= 4 is 15.9 Å². The molecule has 1 N–H and O–H groups in total. The smallest absolute Gasteiger partial charge is 0.251 e. The standard InChI is InChI=1S/C25H41N3O4S/c1-19-9-13-27(14-10-19)12-6-5-11-26-25(29)22-7-8-23(32-4)24(16-22)33(30,31)28-17-20(2)15-21(3)18-28/h7-8,16,19-21H,5-6,9-15,17-18H2,1-4H3,(H,26,29). The second-order valence-corrected chi connectivity index (χ2v) is 12.0. The minimum Gasteiger partial charge on any atom is -0.495 e. The Balaban J connectivity index is 1.58. The highest BCUT2D eigenvalue weighted by atomic mass is 32.2. The zero-order valence-corrected chi connectivity index (χ0v) is 21.5. The first kappa shape index (κ1) is 26.0.